The molecule has 29 heavy (non-hydrogen) atoms. The van der Waals surface area contributed by atoms with Crippen molar-refractivity contribution < 1.29 is 19.1 Å². The molecule has 2 amide bonds. The van der Waals surface area contributed by atoms with Crippen molar-refractivity contribution in [1.82, 2.24) is 9.80 Å². The van der Waals surface area contributed by atoms with Gasteiger partial charge in [-0.2, -0.15) is 0 Å². The van der Waals surface area contributed by atoms with Crippen LogP contribution in [0.5, 0.6) is 11.5 Å². The predicted molar refractivity (Wildman–Crippen MR) is 107 cm³/mol. The van der Waals surface area contributed by atoms with Gasteiger partial charge in [0, 0.05) is 37.7 Å². The molecule has 2 heterocycles. The fourth-order valence-electron chi connectivity index (χ4n) is 4.31. The second-order valence-electron chi connectivity index (χ2n) is 8.05. The third-order valence-corrected chi connectivity index (χ3v) is 6.08. The second kappa shape index (κ2) is 7.10. The summed E-state index contributed by atoms with van der Waals surface area (Å²) in [5, 5.41) is 0. The van der Waals surface area contributed by atoms with E-state index >= 15 is 0 Å². The summed E-state index contributed by atoms with van der Waals surface area (Å²) in [5.74, 6) is 2.08. The van der Waals surface area contributed by atoms with Crippen molar-refractivity contribution in [3.05, 3.63) is 59.2 Å². The van der Waals surface area contributed by atoms with E-state index in [1.807, 2.05) is 59.2 Å². The molecule has 2 aliphatic heterocycles. The van der Waals surface area contributed by atoms with Gasteiger partial charge < -0.3 is 19.3 Å². The molecule has 5 rings (SSSR count). The van der Waals surface area contributed by atoms with Gasteiger partial charge in [0.1, 0.15) is 0 Å². The van der Waals surface area contributed by atoms with Crippen LogP contribution in [-0.4, -0.2) is 54.6 Å². The minimum atomic E-state index is 0.0365. The molecule has 2 aromatic rings. The van der Waals surface area contributed by atoms with E-state index in [-0.39, 0.29) is 30.4 Å². The van der Waals surface area contributed by atoms with E-state index < -0.39 is 0 Å². The maximum atomic E-state index is 12.9. The first-order valence-corrected chi connectivity index (χ1v) is 10.1. The van der Waals surface area contributed by atoms with Crippen molar-refractivity contribution in [3.8, 4) is 11.5 Å². The number of carbonyl (C=O) groups excluding carboxylic acids is 2. The average Bonchev–Trinajstić information content (AvgIpc) is 3.41. The zero-order valence-electron chi connectivity index (χ0n) is 16.5. The van der Waals surface area contributed by atoms with Crippen molar-refractivity contribution in [2.24, 2.45) is 5.92 Å². The molecule has 2 aromatic carbocycles. The lowest BCUT2D eigenvalue weighted by Gasteiger charge is -2.35. The molecule has 2 unspecified atom stereocenters. The molecule has 0 N–H and O–H groups in total. The number of rotatable bonds is 3. The van der Waals surface area contributed by atoms with Gasteiger partial charge in [0.05, 0.1) is 0 Å². The zero-order chi connectivity index (χ0) is 20.0. The van der Waals surface area contributed by atoms with Crippen LogP contribution in [0.3, 0.4) is 0 Å². The van der Waals surface area contributed by atoms with Crippen LogP contribution in [0.2, 0.25) is 0 Å². The Bertz CT molecular complexity index is 965. The summed E-state index contributed by atoms with van der Waals surface area (Å²) in [4.78, 5) is 29.4. The molecule has 6 nitrogen and oxygen atoms in total. The Morgan fingerprint density at radius 1 is 0.931 bits per heavy atom. The molecule has 0 bridgehead atoms. The Morgan fingerprint density at radius 2 is 1.69 bits per heavy atom. The van der Waals surface area contributed by atoms with E-state index in [4.69, 9.17) is 9.47 Å². The highest BCUT2D eigenvalue weighted by Crippen LogP contribution is 2.50. The fourth-order valence-corrected chi connectivity index (χ4v) is 4.31. The first-order valence-electron chi connectivity index (χ1n) is 10.1. The molecular weight excluding hydrogens is 368 g/mol. The third-order valence-electron chi connectivity index (χ3n) is 6.08. The number of nitrogens with zero attached hydrogens (tertiary/aromatic N) is 2. The standard InChI is InChI=1S/C23H24N2O4/c1-15-3-2-4-17(11-15)22(26)24-7-9-25(10-8-24)23(27)19-13-18(19)16-5-6-20-21(12-16)29-14-28-20/h2-6,11-12,18-19H,7-10,13-14H2,1H3. The number of fused-ring (bicyclic) bond motifs is 1. The minimum absolute atomic E-state index is 0.0365. The number of hydrogen-bond acceptors (Lipinski definition) is 4. The van der Waals surface area contributed by atoms with Gasteiger partial charge in [-0.25, -0.2) is 0 Å². The van der Waals surface area contributed by atoms with Gasteiger partial charge in [-0.1, -0.05) is 23.8 Å². The Labute approximate surface area is 170 Å². The molecule has 6 heteroatoms. The number of piperazine rings is 1. The molecule has 3 aliphatic rings. The summed E-state index contributed by atoms with van der Waals surface area (Å²) >= 11 is 0. The van der Waals surface area contributed by atoms with Gasteiger partial charge in [-0.3, -0.25) is 9.59 Å². The van der Waals surface area contributed by atoms with Gasteiger partial charge in [0.15, 0.2) is 11.5 Å². The molecule has 2 fully saturated rings. The molecule has 150 valence electrons. The Hall–Kier alpha value is -3.02. The van der Waals surface area contributed by atoms with Gasteiger partial charge in [0.2, 0.25) is 12.7 Å². The summed E-state index contributed by atoms with van der Waals surface area (Å²) in [5.41, 5.74) is 2.93. The molecule has 1 saturated carbocycles. The number of carbonyl (C=O) groups is 2. The van der Waals surface area contributed by atoms with Crippen LogP contribution >= 0.6 is 0 Å². The van der Waals surface area contributed by atoms with E-state index in [0.717, 1.165) is 34.6 Å². The summed E-state index contributed by atoms with van der Waals surface area (Å²) < 4.78 is 10.8. The molecule has 0 radical (unpaired) electrons. The summed E-state index contributed by atoms with van der Waals surface area (Å²) in [6, 6.07) is 13.6. The average molecular weight is 392 g/mol. The Balaban J connectivity index is 1.17. The second-order valence-corrected chi connectivity index (χ2v) is 8.05. The zero-order valence-corrected chi connectivity index (χ0v) is 16.5. The van der Waals surface area contributed by atoms with Gasteiger partial charge in [-0.15, -0.1) is 0 Å². The first kappa shape index (κ1) is 18.0. The number of benzene rings is 2. The lowest BCUT2D eigenvalue weighted by atomic mass is 10.1. The quantitative estimate of drug-likeness (QED) is 0.806. The number of ether oxygens (including phenoxy) is 2. The maximum Gasteiger partial charge on any atom is 0.253 e. The number of aryl methyl sites for hydroxylation is 1. The van der Waals surface area contributed by atoms with Crippen molar-refractivity contribution in [1.29, 1.82) is 0 Å². The van der Waals surface area contributed by atoms with Gasteiger partial charge in [0.25, 0.3) is 5.91 Å². The smallest absolute Gasteiger partial charge is 0.253 e. The van der Waals surface area contributed by atoms with Crippen molar-refractivity contribution in [2.45, 2.75) is 19.3 Å². The topological polar surface area (TPSA) is 59.1 Å². The Morgan fingerprint density at radius 3 is 2.48 bits per heavy atom. The Kier molecular flexibility index (Phi) is 4.42. The lowest BCUT2D eigenvalue weighted by Crippen LogP contribution is -2.51. The predicted octanol–water partition coefficient (Wildman–Crippen LogP) is 2.81. The summed E-state index contributed by atoms with van der Waals surface area (Å²) in [6.07, 6.45) is 0.876. The highest BCUT2D eigenvalue weighted by molar-refractivity contribution is 5.94. The maximum absolute atomic E-state index is 12.9. The van der Waals surface area contributed by atoms with E-state index in [1.165, 1.54) is 0 Å². The first-order chi connectivity index (χ1) is 14.1. The molecule has 1 aliphatic carbocycles. The SMILES string of the molecule is Cc1cccc(C(=O)N2CCN(C(=O)C3CC3c3ccc4c(c3)OCO4)CC2)c1. The van der Waals surface area contributed by atoms with Crippen molar-refractivity contribution >= 4 is 11.8 Å². The van der Waals surface area contributed by atoms with Crippen LogP contribution in [0.1, 0.15) is 33.8 Å². The monoisotopic (exact) mass is 392 g/mol. The lowest BCUT2D eigenvalue weighted by molar-refractivity contribution is -0.134. The van der Waals surface area contributed by atoms with E-state index in [2.05, 4.69) is 0 Å². The van der Waals surface area contributed by atoms with Crippen LogP contribution in [0, 0.1) is 12.8 Å². The van der Waals surface area contributed by atoms with Crippen LogP contribution in [0.25, 0.3) is 0 Å². The van der Waals surface area contributed by atoms with Crippen molar-refractivity contribution in [3.63, 3.8) is 0 Å². The fraction of sp³-hybridized carbons (Fsp3) is 0.391. The number of amides is 2. The highest BCUT2D eigenvalue weighted by atomic mass is 16.7. The largest absolute Gasteiger partial charge is 0.454 e. The summed E-state index contributed by atoms with van der Waals surface area (Å²) in [7, 11) is 0. The molecule has 1 saturated heterocycles. The van der Waals surface area contributed by atoms with Crippen LogP contribution in [-0.2, 0) is 4.79 Å². The van der Waals surface area contributed by atoms with E-state index in [0.29, 0.717) is 26.2 Å². The highest BCUT2D eigenvalue weighted by Gasteiger charge is 2.46. The van der Waals surface area contributed by atoms with Crippen LogP contribution in [0.4, 0.5) is 0 Å². The molecular formula is C23H24N2O4. The molecule has 0 spiro atoms. The minimum Gasteiger partial charge on any atom is -0.454 e. The van der Waals surface area contributed by atoms with Crippen LogP contribution in [0.15, 0.2) is 42.5 Å². The number of hydrogen-bond donors (Lipinski definition) is 0. The molecule has 2 atom stereocenters. The molecule has 0 aromatic heterocycles. The third kappa shape index (κ3) is 3.43. The van der Waals surface area contributed by atoms with E-state index in [9.17, 15) is 9.59 Å². The van der Waals surface area contributed by atoms with Crippen LogP contribution < -0.4 is 9.47 Å². The van der Waals surface area contributed by atoms with Gasteiger partial charge >= 0.3 is 0 Å². The van der Waals surface area contributed by atoms with Gasteiger partial charge in [-0.05, 0) is 49.1 Å². The summed E-state index contributed by atoms with van der Waals surface area (Å²) in [6.45, 7) is 4.61. The van der Waals surface area contributed by atoms with E-state index in [1.54, 1.807) is 0 Å². The van der Waals surface area contributed by atoms with Crippen molar-refractivity contribution in [2.75, 3.05) is 33.0 Å². The normalized spacial score (nSPS) is 22.5.